The zero-order chi connectivity index (χ0) is 19.9. The smallest absolute Gasteiger partial charge is 1.00 e. The van der Waals surface area contributed by atoms with Gasteiger partial charge in [0.25, 0.3) is 0 Å². The Labute approximate surface area is 215 Å². The molecule has 32 heavy (non-hydrogen) atoms. The number of halogens is 2. The molecule has 3 aliphatic carbocycles. The monoisotopic (exact) mass is 554 g/mol. The van der Waals surface area contributed by atoms with Gasteiger partial charge in [0.15, 0.2) is 0 Å². The van der Waals surface area contributed by atoms with Gasteiger partial charge in [-0.15, -0.1) is 0 Å². The van der Waals surface area contributed by atoms with E-state index in [2.05, 4.69) is 71.4 Å². The number of rotatable bonds is 3. The summed E-state index contributed by atoms with van der Waals surface area (Å²) < 4.78 is 5.57. The molecule has 0 spiro atoms. The Morgan fingerprint density at radius 2 is 1.62 bits per heavy atom. The molecule has 6 rings (SSSR count). The van der Waals surface area contributed by atoms with Crippen molar-refractivity contribution in [2.24, 2.45) is 0 Å². The van der Waals surface area contributed by atoms with Crippen molar-refractivity contribution in [2.45, 2.75) is 44.9 Å². The van der Waals surface area contributed by atoms with Gasteiger partial charge in [0.1, 0.15) is 0 Å². The van der Waals surface area contributed by atoms with Gasteiger partial charge in [-0.2, -0.15) is 0 Å². The van der Waals surface area contributed by atoms with Crippen molar-refractivity contribution in [1.82, 2.24) is 0 Å². The number of hydrogen-bond donors (Lipinski definition) is 0. The van der Waals surface area contributed by atoms with Crippen LogP contribution in [-0.2, 0) is 27.7 Å². The van der Waals surface area contributed by atoms with Crippen LogP contribution in [-0.4, -0.2) is 3.21 Å². The molecule has 0 radical (unpaired) electrons. The number of allylic oxidation sites excluding steroid dienone is 4. The molecule has 0 aliphatic heterocycles. The maximum atomic E-state index is 2.53. The van der Waals surface area contributed by atoms with Crippen molar-refractivity contribution >= 4 is 23.4 Å². The quantitative estimate of drug-likeness (QED) is 0.355. The van der Waals surface area contributed by atoms with Crippen LogP contribution in [0.1, 0.15) is 55.2 Å². The minimum absolute atomic E-state index is 0. The summed E-state index contributed by atoms with van der Waals surface area (Å²) in [4.78, 5) is 0. The minimum Gasteiger partial charge on any atom is -1.00 e. The molecule has 3 aliphatic rings. The molecule has 0 unspecified atom stereocenters. The predicted molar refractivity (Wildman–Crippen MR) is 127 cm³/mol. The van der Waals surface area contributed by atoms with Gasteiger partial charge in [-0.1, -0.05) is 0 Å². The summed E-state index contributed by atoms with van der Waals surface area (Å²) in [6.07, 6.45) is 14.2. The van der Waals surface area contributed by atoms with Crippen LogP contribution >= 0.6 is 11.3 Å². The van der Waals surface area contributed by atoms with E-state index in [0.717, 1.165) is 6.42 Å². The van der Waals surface area contributed by atoms with Crippen LogP contribution in [0.15, 0.2) is 74.7 Å². The molecule has 1 saturated carbocycles. The standard InChI is InChI=1S/C13H9.C9H7S.C6H10.2ClH.Zr/c1-3-7-12-10(5-1)9-11-6-2-4-8-13(11)12;1-2-4-8(3-1)9-5-6-10-7-9;1-2-4-6-5-3-1;;;/h1-5,7-8H,9H2;1,3,5-7H,2H2;1-5H2;2*1H;/q;;;;;+2/p-2. The Hall–Kier alpha value is -1.05. The number of fused-ring (bicyclic) bond motifs is 3. The summed E-state index contributed by atoms with van der Waals surface area (Å²) in [5.41, 5.74) is 9.19. The van der Waals surface area contributed by atoms with Crippen LogP contribution in [0, 0.1) is 0 Å². The third-order valence-corrected chi connectivity index (χ3v) is 15.8. The van der Waals surface area contributed by atoms with E-state index in [4.69, 9.17) is 0 Å². The first-order valence-electron chi connectivity index (χ1n) is 11.3. The van der Waals surface area contributed by atoms with E-state index in [9.17, 15) is 0 Å². The van der Waals surface area contributed by atoms with Gasteiger partial charge in [0.2, 0.25) is 0 Å². The predicted octanol–water partition coefficient (Wildman–Crippen LogP) is 1.08. The number of benzene rings is 2. The Balaban J connectivity index is 0.00000122. The van der Waals surface area contributed by atoms with Gasteiger partial charge >= 0.3 is 192 Å². The summed E-state index contributed by atoms with van der Waals surface area (Å²) in [5.74, 6) is 0. The van der Waals surface area contributed by atoms with Crippen LogP contribution in [0.4, 0.5) is 0 Å². The van der Waals surface area contributed by atoms with Crippen LogP contribution < -0.4 is 28.1 Å². The van der Waals surface area contributed by atoms with Crippen LogP contribution in [0.25, 0.3) is 16.7 Å². The van der Waals surface area contributed by atoms with Gasteiger partial charge in [-0.05, 0) is 0 Å². The Morgan fingerprint density at radius 3 is 2.44 bits per heavy atom. The van der Waals surface area contributed by atoms with E-state index in [1.165, 1.54) is 60.8 Å². The summed E-state index contributed by atoms with van der Waals surface area (Å²) >= 11 is -0.301. The molecule has 4 heteroatoms. The van der Waals surface area contributed by atoms with E-state index in [-0.39, 0.29) is 24.8 Å². The number of thiophene rings is 1. The normalized spacial score (nSPS) is 16.0. The fourth-order valence-electron chi connectivity index (χ4n) is 5.62. The summed E-state index contributed by atoms with van der Waals surface area (Å²) in [6.45, 7) is 0. The van der Waals surface area contributed by atoms with Crippen molar-refractivity contribution in [1.29, 1.82) is 0 Å². The van der Waals surface area contributed by atoms with Gasteiger partial charge < -0.3 is 24.8 Å². The fourth-order valence-corrected chi connectivity index (χ4v) is 15.1. The number of hydrogen-bond acceptors (Lipinski definition) is 1. The first-order chi connectivity index (χ1) is 14.9. The SMILES string of the molecule is C1=CC(c2ccsc2)=[C]([Zr+2](=[C]2CCCCC2)[c]2cccc3c2Cc2ccccc2-3)C1.[Cl-].[Cl-]. The summed E-state index contributed by atoms with van der Waals surface area (Å²) in [7, 11) is 0. The third-order valence-electron chi connectivity index (χ3n) is 7.00. The molecule has 0 atom stereocenters. The van der Waals surface area contributed by atoms with E-state index >= 15 is 0 Å². The molecule has 2 aromatic carbocycles. The average molecular weight is 557 g/mol. The van der Waals surface area contributed by atoms with Crippen molar-refractivity contribution < 1.29 is 46.1 Å². The van der Waals surface area contributed by atoms with E-state index in [1.807, 2.05) is 17.8 Å². The van der Waals surface area contributed by atoms with Gasteiger partial charge in [-0.25, -0.2) is 0 Å². The van der Waals surface area contributed by atoms with E-state index in [1.54, 1.807) is 14.4 Å². The molecule has 1 heterocycles. The average Bonchev–Trinajstić information content (AvgIpc) is 3.54. The zero-order valence-electron chi connectivity index (χ0n) is 18.0. The van der Waals surface area contributed by atoms with Crippen molar-refractivity contribution in [3.8, 4) is 11.1 Å². The van der Waals surface area contributed by atoms with Gasteiger partial charge in [-0.3, -0.25) is 0 Å². The second kappa shape index (κ2) is 10.5. The van der Waals surface area contributed by atoms with Gasteiger partial charge in [0.05, 0.1) is 0 Å². The van der Waals surface area contributed by atoms with E-state index < -0.39 is 21.3 Å². The van der Waals surface area contributed by atoms with Crippen LogP contribution in [0.2, 0.25) is 0 Å². The first kappa shape index (κ1) is 24.1. The molecule has 162 valence electrons. The maximum Gasteiger partial charge on any atom is -1.00 e. The molecular formula is C28H26Cl2SZr. The van der Waals surface area contributed by atoms with Crippen molar-refractivity contribution in [3.05, 3.63) is 91.4 Å². The Kier molecular flexibility index (Phi) is 7.89. The van der Waals surface area contributed by atoms with E-state index in [0.29, 0.717) is 0 Å². The van der Waals surface area contributed by atoms with Crippen LogP contribution in [0.5, 0.6) is 0 Å². The largest absolute Gasteiger partial charge is 1.00 e. The van der Waals surface area contributed by atoms with Crippen molar-refractivity contribution in [3.63, 3.8) is 0 Å². The fraction of sp³-hybridized carbons (Fsp3) is 0.250. The van der Waals surface area contributed by atoms with Crippen molar-refractivity contribution in [2.75, 3.05) is 0 Å². The van der Waals surface area contributed by atoms with Crippen LogP contribution in [0.3, 0.4) is 0 Å². The second-order valence-corrected chi connectivity index (χ2v) is 15.9. The summed E-state index contributed by atoms with van der Waals surface area (Å²) in [5, 5.41) is 4.59. The molecule has 0 bridgehead atoms. The minimum atomic E-state index is -2.13. The molecular weight excluding hydrogens is 531 g/mol. The Bertz CT molecular complexity index is 1210. The molecule has 1 aromatic heterocycles. The molecule has 0 nitrogen and oxygen atoms in total. The zero-order valence-corrected chi connectivity index (χ0v) is 22.8. The topological polar surface area (TPSA) is 0 Å². The molecule has 0 N–H and O–H groups in total. The third kappa shape index (κ3) is 4.25. The molecule has 1 fully saturated rings. The maximum absolute atomic E-state index is 2.53. The Morgan fingerprint density at radius 1 is 0.812 bits per heavy atom. The first-order valence-corrected chi connectivity index (χ1v) is 15.9. The van der Waals surface area contributed by atoms with Gasteiger partial charge in [0, 0.05) is 0 Å². The summed E-state index contributed by atoms with van der Waals surface area (Å²) in [6, 6.07) is 18.7. The molecule has 3 aromatic rings. The molecule has 0 saturated heterocycles. The molecule has 0 amide bonds. The second-order valence-electron chi connectivity index (χ2n) is 8.72.